The highest BCUT2D eigenvalue weighted by molar-refractivity contribution is 5.35. The topological polar surface area (TPSA) is 70.4 Å². The summed E-state index contributed by atoms with van der Waals surface area (Å²) in [4.78, 5) is 9.84. The molecule has 1 aliphatic heterocycles. The zero-order valence-electron chi connectivity index (χ0n) is 15.1. The summed E-state index contributed by atoms with van der Waals surface area (Å²) in [7, 11) is 0. The van der Waals surface area contributed by atoms with E-state index in [1.165, 1.54) is 24.3 Å². The minimum absolute atomic E-state index is 0.306. The Morgan fingerprint density at radius 3 is 2.48 bits per heavy atom. The lowest BCUT2D eigenvalue weighted by molar-refractivity contribution is -0.274. The molecule has 0 amide bonds. The molecule has 0 saturated carbocycles. The third-order valence-electron chi connectivity index (χ3n) is 4.12. The highest BCUT2D eigenvalue weighted by Crippen LogP contribution is 2.33. The van der Waals surface area contributed by atoms with Crippen molar-refractivity contribution < 1.29 is 27.5 Å². The second kappa shape index (κ2) is 7.13. The lowest BCUT2D eigenvalue weighted by Crippen LogP contribution is -2.23. The van der Waals surface area contributed by atoms with Crippen LogP contribution in [0.5, 0.6) is 11.5 Å². The molecule has 0 unspecified atom stereocenters. The maximum atomic E-state index is 12.3. The molecule has 29 heavy (non-hydrogen) atoms. The van der Waals surface area contributed by atoms with E-state index in [0.717, 1.165) is 0 Å². The van der Waals surface area contributed by atoms with Crippen LogP contribution in [0.4, 0.5) is 13.2 Å². The van der Waals surface area contributed by atoms with Crippen LogP contribution < -0.4 is 15.0 Å². The molecular weight excluding hydrogens is 389 g/mol. The Balaban J connectivity index is 1.45. The standard InChI is InChI=1S/C19H15F3N4O3/c1-18(13-3-5-14(6-4-13)28-19(20,21)22)11-17(25-29-18)27-15-7-8-16(23-12-15)26-10-2-9-24-26/h2-12,25H,1H3/t18-/m1/s1. The van der Waals surface area contributed by atoms with E-state index in [9.17, 15) is 13.2 Å². The van der Waals surface area contributed by atoms with Crippen molar-refractivity contribution in [3.63, 3.8) is 0 Å². The quantitative estimate of drug-likeness (QED) is 0.697. The highest BCUT2D eigenvalue weighted by atomic mass is 19.4. The number of aromatic nitrogens is 3. The first-order chi connectivity index (χ1) is 13.8. The Kier molecular flexibility index (Phi) is 4.63. The van der Waals surface area contributed by atoms with Crippen molar-refractivity contribution in [1.82, 2.24) is 20.2 Å². The van der Waals surface area contributed by atoms with Gasteiger partial charge in [0.25, 0.3) is 0 Å². The Labute approximate surface area is 163 Å². The van der Waals surface area contributed by atoms with Crippen molar-refractivity contribution in [2.24, 2.45) is 0 Å². The number of halogens is 3. The van der Waals surface area contributed by atoms with E-state index >= 15 is 0 Å². The zero-order chi connectivity index (χ0) is 20.5. The molecule has 2 aromatic heterocycles. The summed E-state index contributed by atoms with van der Waals surface area (Å²) < 4.78 is 48.1. The zero-order valence-corrected chi connectivity index (χ0v) is 15.1. The van der Waals surface area contributed by atoms with Gasteiger partial charge in [0.2, 0.25) is 5.88 Å². The van der Waals surface area contributed by atoms with Crippen LogP contribution in [0.2, 0.25) is 0 Å². The molecule has 7 nitrogen and oxygen atoms in total. The first kappa shape index (κ1) is 18.8. The van der Waals surface area contributed by atoms with E-state index in [4.69, 9.17) is 9.57 Å². The van der Waals surface area contributed by atoms with Crippen molar-refractivity contribution in [2.75, 3.05) is 0 Å². The molecule has 3 aromatic rings. The minimum atomic E-state index is -4.74. The highest BCUT2D eigenvalue weighted by Gasteiger charge is 2.34. The van der Waals surface area contributed by atoms with Crippen molar-refractivity contribution in [1.29, 1.82) is 0 Å². The van der Waals surface area contributed by atoms with Gasteiger partial charge in [0, 0.05) is 18.5 Å². The summed E-state index contributed by atoms with van der Waals surface area (Å²) in [5.74, 6) is 1.13. The van der Waals surface area contributed by atoms with Gasteiger partial charge in [-0.15, -0.1) is 13.2 Å². The predicted molar refractivity (Wildman–Crippen MR) is 94.8 cm³/mol. The number of benzene rings is 1. The molecular formula is C19H15F3N4O3. The van der Waals surface area contributed by atoms with E-state index in [-0.39, 0.29) is 5.75 Å². The number of alkyl halides is 3. The fourth-order valence-corrected chi connectivity index (χ4v) is 2.75. The van der Waals surface area contributed by atoms with E-state index < -0.39 is 12.0 Å². The molecule has 4 rings (SSSR count). The number of ether oxygens (including phenoxy) is 2. The van der Waals surface area contributed by atoms with Crippen molar-refractivity contribution >= 4 is 0 Å². The van der Waals surface area contributed by atoms with Gasteiger partial charge in [-0.25, -0.2) is 15.1 Å². The van der Waals surface area contributed by atoms with Gasteiger partial charge < -0.3 is 9.47 Å². The van der Waals surface area contributed by atoms with Gasteiger partial charge in [0.05, 0.1) is 6.20 Å². The lowest BCUT2D eigenvalue weighted by Gasteiger charge is -2.20. The molecule has 1 N–H and O–H groups in total. The Morgan fingerprint density at radius 2 is 1.86 bits per heavy atom. The number of hydroxylamine groups is 1. The SMILES string of the molecule is C[C@]1(c2ccc(OC(F)(F)F)cc2)C=C(Oc2ccc(-n3cccn3)nc2)NO1. The molecule has 0 saturated heterocycles. The van der Waals surface area contributed by atoms with E-state index in [2.05, 4.69) is 20.3 Å². The molecule has 0 radical (unpaired) electrons. The van der Waals surface area contributed by atoms with Crippen LogP contribution in [0.3, 0.4) is 0 Å². The van der Waals surface area contributed by atoms with Crippen LogP contribution in [-0.2, 0) is 10.4 Å². The largest absolute Gasteiger partial charge is 0.573 e. The summed E-state index contributed by atoms with van der Waals surface area (Å²) in [6, 6.07) is 10.7. The molecule has 1 aromatic carbocycles. The molecule has 0 aliphatic carbocycles. The molecule has 10 heteroatoms. The Morgan fingerprint density at radius 1 is 1.10 bits per heavy atom. The fraction of sp³-hybridized carbons (Fsp3) is 0.158. The average Bonchev–Trinajstić information content (AvgIpc) is 3.33. The first-order valence-corrected chi connectivity index (χ1v) is 8.48. The molecule has 1 atom stereocenters. The van der Waals surface area contributed by atoms with E-state index in [0.29, 0.717) is 23.0 Å². The van der Waals surface area contributed by atoms with Crippen molar-refractivity contribution in [3.05, 3.63) is 78.6 Å². The molecule has 150 valence electrons. The summed E-state index contributed by atoms with van der Waals surface area (Å²) in [5.41, 5.74) is 2.35. The first-order valence-electron chi connectivity index (χ1n) is 8.48. The second-order valence-electron chi connectivity index (χ2n) is 6.30. The summed E-state index contributed by atoms with van der Waals surface area (Å²) in [6.07, 6.45) is 1.90. The smallest absolute Gasteiger partial charge is 0.438 e. The van der Waals surface area contributed by atoms with Gasteiger partial charge in [-0.2, -0.15) is 5.10 Å². The van der Waals surface area contributed by atoms with Crippen LogP contribution in [0.25, 0.3) is 5.82 Å². The molecule has 0 bridgehead atoms. The summed E-state index contributed by atoms with van der Waals surface area (Å²) in [5, 5.41) is 4.10. The summed E-state index contributed by atoms with van der Waals surface area (Å²) >= 11 is 0. The minimum Gasteiger partial charge on any atom is -0.438 e. The number of pyridine rings is 1. The average molecular weight is 404 g/mol. The molecule has 0 spiro atoms. The lowest BCUT2D eigenvalue weighted by atomic mass is 9.96. The summed E-state index contributed by atoms with van der Waals surface area (Å²) in [6.45, 7) is 1.75. The monoisotopic (exact) mass is 404 g/mol. The van der Waals surface area contributed by atoms with Crippen LogP contribution >= 0.6 is 0 Å². The maximum Gasteiger partial charge on any atom is 0.573 e. The number of rotatable bonds is 5. The van der Waals surface area contributed by atoms with Gasteiger partial charge in [-0.3, -0.25) is 4.84 Å². The Bertz CT molecular complexity index is 1000. The number of hydrogen-bond donors (Lipinski definition) is 1. The third-order valence-corrected chi connectivity index (χ3v) is 4.12. The van der Waals surface area contributed by atoms with Crippen molar-refractivity contribution in [2.45, 2.75) is 18.9 Å². The van der Waals surface area contributed by atoms with Crippen LogP contribution in [0, 0.1) is 0 Å². The van der Waals surface area contributed by atoms with Crippen molar-refractivity contribution in [3.8, 4) is 17.3 Å². The van der Waals surface area contributed by atoms with Gasteiger partial charge in [-0.05, 0) is 42.8 Å². The van der Waals surface area contributed by atoms with Crippen LogP contribution in [0.15, 0.2) is 73.0 Å². The molecule has 1 aliphatic rings. The van der Waals surface area contributed by atoms with Gasteiger partial charge in [0.15, 0.2) is 5.82 Å². The number of hydrogen-bond acceptors (Lipinski definition) is 6. The molecule has 0 fully saturated rings. The Hall–Kier alpha value is -3.53. The predicted octanol–water partition coefficient (Wildman–Crippen LogP) is 3.84. The van der Waals surface area contributed by atoms with Gasteiger partial charge >= 0.3 is 6.36 Å². The third kappa shape index (κ3) is 4.32. The van der Waals surface area contributed by atoms with Gasteiger partial charge in [0.1, 0.15) is 17.1 Å². The molecule has 3 heterocycles. The fourth-order valence-electron chi connectivity index (χ4n) is 2.75. The van der Waals surface area contributed by atoms with E-state index in [1.807, 2.05) is 0 Å². The number of nitrogens with one attached hydrogen (secondary N) is 1. The van der Waals surface area contributed by atoms with Crippen LogP contribution in [0.1, 0.15) is 12.5 Å². The van der Waals surface area contributed by atoms with Gasteiger partial charge in [-0.1, -0.05) is 12.1 Å². The normalized spacial score (nSPS) is 18.8. The number of nitrogens with zero attached hydrogens (tertiary/aromatic N) is 3. The van der Waals surface area contributed by atoms with E-state index in [1.54, 1.807) is 54.5 Å². The van der Waals surface area contributed by atoms with Crippen LogP contribution in [-0.4, -0.2) is 21.1 Å². The maximum absolute atomic E-state index is 12.3. The second-order valence-corrected chi connectivity index (χ2v) is 6.30.